The van der Waals surface area contributed by atoms with Crippen LogP contribution in [0.1, 0.15) is 17.5 Å². The zero-order valence-electron chi connectivity index (χ0n) is 16.2. The van der Waals surface area contributed by atoms with E-state index >= 15 is 0 Å². The van der Waals surface area contributed by atoms with Crippen LogP contribution in [-0.4, -0.2) is 87.6 Å². The Balaban J connectivity index is 1.68. The van der Waals surface area contributed by atoms with Crippen molar-refractivity contribution in [3.63, 3.8) is 0 Å². The van der Waals surface area contributed by atoms with Gasteiger partial charge in [0.15, 0.2) is 0 Å². The number of nitrogens with zero attached hydrogens (tertiary/aromatic N) is 3. The van der Waals surface area contributed by atoms with Gasteiger partial charge in [-0.15, -0.1) is 0 Å². The molecule has 2 aliphatic rings. The van der Waals surface area contributed by atoms with Gasteiger partial charge in [0.2, 0.25) is 0 Å². The molecule has 2 aliphatic heterocycles. The van der Waals surface area contributed by atoms with Gasteiger partial charge in [-0.2, -0.15) is 17.0 Å². The molecule has 0 atom stereocenters. The number of hydrogen-bond acceptors (Lipinski definition) is 5. The highest BCUT2D eigenvalue weighted by molar-refractivity contribution is 7.86. The molecule has 0 aliphatic carbocycles. The molecule has 0 radical (unpaired) electrons. The maximum Gasteiger partial charge on any atom is 0.282 e. The van der Waals surface area contributed by atoms with Gasteiger partial charge >= 0.3 is 0 Å². The first kappa shape index (κ1) is 20.7. The fourth-order valence-electron chi connectivity index (χ4n) is 3.49. The maximum atomic E-state index is 13.2. The molecule has 2 saturated heterocycles. The highest BCUT2D eigenvalue weighted by atomic mass is 32.2. The third-order valence-electron chi connectivity index (χ3n) is 5.22. The van der Waals surface area contributed by atoms with Crippen molar-refractivity contribution in [2.75, 3.05) is 65.7 Å². The van der Waals surface area contributed by atoms with Crippen LogP contribution < -0.4 is 0 Å². The van der Waals surface area contributed by atoms with Crippen molar-refractivity contribution in [1.82, 2.24) is 13.5 Å². The van der Waals surface area contributed by atoms with E-state index in [0.717, 1.165) is 50.4 Å². The summed E-state index contributed by atoms with van der Waals surface area (Å²) in [5.74, 6) is 0. The minimum Gasteiger partial charge on any atom is -0.379 e. The Morgan fingerprint density at radius 3 is 2.30 bits per heavy atom. The largest absolute Gasteiger partial charge is 0.379 e. The van der Waals surface area contributed by atoms with E-state index in [-0.39, 0.29) is 0 Å². The van der Waals surface area contributed by atoms with Crippen LogP contribution in [0.5, 0.6) is 0 Å². The molecule has 2 heterocycles. The Labute approximate surface area is 163 Å². The Kier molecular flexibility index (Phi) is 7.63. The standard InChI is InChI=1S/C19H31N3O4S/c1-18-5-2-3-6-19(18)17-22(8-4-7-20-9-13-25-14-10-20)27(23,24)21-11-15-26-16-12-21/h2-3,5-6H,4,7-17H2,1H3. The van der Waals surface area contributed by atoms with Gasteiger partial charge in [-0.25, -0.2) is 0 Å². The first-order valence-corrected chi connectivity index (χ1v) is 11.1. The van der Waals surface area contributed by atoms with Crippen LogP contribution >= 0.6 is 0 Å². The van der Waals surface area contributed by atoms with Gasteiger partial charge in [-0.3, -0.25) is 4.90 Å². The van der Waals surface area contributed by atoms with Crippen molar-refractivity contribution in [1.29, 1.82) is 0 Å². The molecule has 0 unspecified atom stereocenters. The second-order valence-corrected chi connectivity index (χ2v) is 9.02. The van der Waals surface area contributed by atoms with E-state index in [4.69, 9.17) is 9.47 Å². The van der Waals surface area contributed by atoms with Crippen molar-refractivity contribution in [3.05, 3.63) is 35.4 Å². The molecule has 7 nitrogen and oxygen atoms in total. The summed E-state index contributed by atoms with van der Waals surface area (Å²) in [5, 5.41) is 0. The normalized spacial score (nSPS) is 20.2. The molecule has 0 spiro atoms. The average Bonchev–Trinajstić information content (AvgIpc) is 2.70. The average molecular weight is 398 g/mol. The van der Waals surface area contributed by atoms with E-state index in [1.807, 2.05) is 31.2 Å². The highest BCUT2D eigenvalue weighted by Gasteiger charge is 2.31. The van der Waals surface area contributed by atoms with E-state index in [0.29, 0.717) is 39.4 Å². The van der Waals surface area contributed by atoms with E-state index in [1.165, 1.54) is 0 Å². The Morgan fingerprint density at radius 1 is 1.00 bits per heavy atom. The number of hydrogen-bond donors (Lipinski definition) is 0. The van der Waals surface area contributed by atoms with Crippen LogP contribution in [0.4, 0.5) is 0 Å². The predicted octanol–water partition coefficient (Wildman–Crippen LogP) is 1.10. The summed E-state index contributed by atoms with van der Waals surface area (Å²) in [5.41, 5.74) is 2.17. The smallest absolute Gasteiger partial charge is 0.282 e. The second-order valence-electron chi connectivity index (χ2n) is 7.09. The molecule has 2 fully saturated rings. The lowest BCUT2D eigenvalue weighted by Gasteiger charge is -2.33. The minimum absolute atomic E-state index is 0.412. The summed E-state index contributed by atoms with van der Waals surface area (Å²) in [6.45, 7) is 9.01. The van der Waals surface area contributed by atoms with Gasteiger partial charge in [-0.05, 0) is 31.0 Å². The Morgan fingerprint density at radius 2 is 1.63 bits per heavy atom. The number of rotatable bonds is 8. The summed E-state index contributed by atoms with van der Waals surface area (Å²) in [7, 11) is -3.50. The molecule has 0 bridgehead atoms. The van der Waals surface area contributed by atoms with Crippen LogP contribution in [0.25, 0.3) is 0 Å². The van der Waals surface area contributed by atoms with Gasteiger partial charge in [-0.1, -0.05) is 24.3 Å². The van der Waals surface area contributed by atoms with Crippen molar-refractivity contribution in [2.24, 2.45) is 0 Å². The number of ether oxygens (including phenoxy) is 2. The molecule has 1 aromatic rings. The van der Waals surface area contributed by atoms with E-state index in [9.17, 15) is 8.42 Å². The van der Waals surface area contributed by atoms with Crippen LogP contribution in [0.2, 0.25) is 0 Å². The number of aryl methyl sites for hydroxylation is 1. The maximum absolute atomic E-state index is 13.2. The van der Waals surface area contributed by atoms with Gasteiger partial charge in [0.1, 0.15) is 0 Å². The van der Waals surface area contributed by atoms with E-state index in [1.54, 1.807) is 8.61 Å². The molecule has 0 N–H and O–H groups in total. The van der Waals surface area contributed by atoms with Gasteiger partial charge < -0.3 is 9.47 Å². The third kappa shape index (κ3) is 5.73. The summed E-state index contributed by atoms with van der Waals surface area (Å²) in [4.78, 5) is 2.34. The number of benzene rings is 1. The topological polar surface area (TPSA) is 62.3 Å². The lowest BCUT2D eigenvalue weighted by molar-refractivity contribution is 0.0366. The SMILES string of the molecule is Cc1ccccc1CN(CCCN1CCOCC1)S(=O)(=O)N1CCOCC1. The fraction of sp³-hybridized carbons (Fsp3) is 0.684. The Bertz CT molecular complexity index is 686. The molecule has 0 saturated carbocycles. The number of morpholine rings is 2. The zero-order chi connectivity index (χ0) is 19.1. The van der Waals surface area contributed by atoms with Gasteiger partial charge in [0.25, 0.3) is 10.2 Å². The van der Waals surface area contributed by atoms with Crippen molar-refractivity contribution in [2.45, 2.75) is 19.9 Å². The van der Waals surface area contributed by atoms with Crippen LogP contribution in [0.15, 0.2) is 24.3 Å². The van der Waals surface area contributed by atoms with E-state index in [2.05, 4.69) is 4.90 Å². The van der Waals surface area contributed by atoms with Gasteiger partial charge in [0.05, 0.1) is 26.4 Å². The minimum atomic E-state index is -3.50. The molecule has 1 aromatic carbocycles. The predicted molar refractivity (Wildman–Crippen MR) is 105 cm³/mol. The molecule has 152 valence electrons. The monoisotopic (exact) mass is 397 g/mol. The zero-order valence-corrected chi connectivity index (χ0v) is 17.0. The highest BCUT2D eigenvalue weighted by Crippen LogP contribution is 2.18. The summed E-state index contributed by atoms with van der Waals surface area (Å²) in [6, 6.07) is 8.00. The summed E-state index contributed by atoms with van der Waals surface area (Å²) >= 11 is 0. The molecule has 27 heavy (non-hydrogen) atoms. The summed E-state index contributed by atoms with van der Waals surface area (Å²) in [6.07, 6.45) is 0.815. The van der Waals surface area contributed by atoms with Crippen molar-refractivity contribution >= 4 is 10.2 Å². The molecular formula is C19H31N3O4S. The van der Waals surface area contributed by atoms with Gasteiger partial charge in [0, 0.05) is 39.3 Å². The second kappa shape index (κ2) is 9.95. The lowest BCUT2D eigenvalue weighted by Crippen LogP contribution is -2.49. The first-order valence-electron chi connectivity index (χ1n) is 9.75. The molecule has 8 heteroatoms. The van der Waals surface area contributed by atoms with Crippen molar-refractivity contribution in [3.8, 4) is 0 Å². The third-order valence-corrected chi connectivity index (χ3v) is 7.20. The molecule has 0 amide bonds. The first-order chi connectivity index (χ1) is 13.1. The lowest BCUT2D eigenvalue weighted by atomic mass is 10.1. The fourth-order valence-corrected chi connectivity index (χ4v) is 5.09. The molecule has 3 rings (SSSR count). The quantitative estimate of drug-likeness (QED) is 0.657. The Hall–Kier alpha value is -1.03. The summed E-state index contributed by atoms with van der Waals surface area (Å²) < 4.78 is 40.4. The van der Waals surface area contributed by atoms with E-state index < -0.39 is 10.2 Å². The van der Waals surface area contributed by atoms with Crippen LogP contribution in [0.3, 0.4) is 0 Å². The van der Waals surface area contributed by atoms with Crippen molar-refractivity contribution < 1.29 is 17.9 Å². The van der Waals surface area contributed by atoms with Crippen LogP contribution in [-0.2, 0) is 26.2 Å². The van der Waals surface area contributed by atoms with Crippen LogP contribution in [0, 0.1) is 6.92 Å². The molecule has 0 aromatic heterocycles. The molecular weight excluding hydrogens is 366 g/mol.